The molecule has 0 radical (unpaired) electrons. The molecule has 1 heterocycles. The number of methoxy groups -OCH3 is 1. The summed E-state index contributed by atoms with van der Waals surface area (Å²) in [5, 5.41) is 20.1. The number of rotatable bonds is 10. The van der Waals surface area contributed by atoms with Gasteiger partial charge in [0, 0.05) is 37.8 Å². The minimum absolute atomic E-state index is 0.207. The van der Waals surface area contributed by atoms with Crippen molar-refractivity contribution in [1.29, 1.82) is 0 Å². The summed E-state index contributed by atoms with van der Waals surface area (Å²) in [7, 11) is 1.67. The molecule has 1 saturated carbocycles. The van der Waals surface area contributed by atoms with Crippen LogP contribution in [0.3, 0.4) is 0 Å². The van der Waals surface area contributed by atoms with Crippen LogP contribution in [0.2, 0.25) is 0 Å². The van der Waals surface area contributed by atoms with Crippen LogP contribution in [0.1, 0.15) is 50.5 Å². The first kappa shape index (κ1) is 23.9. The van der Waals surface area contributed by atoms with Crippen LogP contribution in [-0.4, -0.2) is 78.2 Å². The molecule has 1 aliphatic heterocycles. The Morgan fingerprint density at radius 3 is 2.61 bits per heavy atom. The first-order chi connectivity index (χ1) is 15.1. The largest absolute Gasteiger partial charge is 0.497 e. The van der Waals surface area contributed by atoms with Crippen molar-refractivity contribution in [1.82, 2.24) is 9.80 Å². The van der Waals surface area contributed by atoms with E-state index in [4.69, 9.17) is 15.9 Å². The zero-order valence-corrected chi connectivity index (χ0v) is 18.8. The van der Waals surface area contributed by atoms with Crippen molar-refractivity contribution in [2.24, 2.45) is 0 Å². The molecule has 3 rings (SSSR count). The third kappa shape index (κ3) is 7.40. The second-order valence-electron chi connectivity index (χ2n) is 8.87. The van der Waals surface area contributed by atoms with Crippen molar-refractivity contribution in [3.63, 3.8) is 0 Å². The van der Waals surface area contributed by atoms with E-state index in [2.05, 4.69) is 15.7 Å². The van der Waals surface area contributed by atoms with Crippen LogP contribution in [0, 0.1) is 12.3 Å². The number of ether oxygens (including phenoxy) is 2. The van der Waals surface area contributed by atoms with E-state index in [0.29, 0.717) is 25.7 Å². The zero-order chi connectivity index (χ0) is 22.1. The Labute approximate surface area is 187 Å². The van der Waals surface area contributed by atoms with Gasteiger partial charge in [-0.05, 0) is 43.9 Å². The molecule has 1 aliphatic carbocycles. The minimum atomic E-state index is -0.578. The summed E-state index contributed by atoms with van der Waals surface area (Å²) in [5.41, 5.74) is 1.04. The van der Waals surface area contributed by atoms with E-state index in [9.17, 15) is 10.2 Å². The number of hydrogen-bond acceptors (Lipinski definition) is 6. The molecular formula is C25H38N2O4. The summed E-state index contributed by atoms with van der Waals surface area (Å²) >= 11 is 0. The van der Waals surface area contributed by atoms with E-state index < -0.39 is 6.10 Å². The number of nitrogens with zero attached hydrogens (tertiary/aromatic N) is 2. The quantitative estimate of drug-likeness (QED) is 0.557. The molecule has 1 saturated heterocycles. The molecule has 2 aliphatic rings. The molecular weight excluding hydrogens is 392 g/mol. The number of piperidine rings is 1. The summed E-state index contributed by atoms with van der Waals surface area (Å²) in [6, 6.07) is 6.33. The van der Waals surface area contributed by atoms with Gasteiger partial charge in [-0.3, -0.25) is 4.90 Å². The van der Waals surface area contributed by atoms with Gasteiger partial charge in [-0.15, -0.1) is 6.42 Å². The molecule has 1 aromatic carbocycles. The topological polar surface area (TPSA) is 65.4 Å². The van der Waals surface area contributed by atoms with Crippen molar-refractivity contribution in [2.45, 2.75) is 69.7 Å². The molecule has 6 heteroatoms. The number of β-amino-alcohol motifs (C(OH)–C–C–N with tert-alkyl or cyclic N) is 1. The Bertz CT molecular complexity index is 706. The van der Waals surface area contributed by atoms with Crippen LogP contribution in [0.25, 0.3) is 0 Å². The van der Waals surface area contributed by atoms with Crippen LogP contribution in [-0.2, 0) is 6.54 Å². The molecule has 1 aromatic rings. The average molecular weight is 431 g/mol. The summed E-state index contributed by atoms with van der Waals surface area (Å²) < 4.78 is 11.5. The maximum absolute atomic E-state index is 10.5. The molecule has 6 nitrogen and oxygen atoms in total. The third-order valence-corrected chi connectivity index (χ3v) is 6.48. The van der Waals surface area contributed by atoms with Crippen LogP contribution < -0.4 is 9.47 Å². The average Bonchev–Trinajstić information content (AvgIpc) is 2.80. The van der Waals surface area contributed by atoms with Gasteiger partial charge in [0.1, 0.15) is 24.2 Å². The van der Waals surface area contributed by atoms with E-state index in [-0.39, 0.29) is 12.7 Å². The summed E-state index contributed by atoms with van der Waals surface area (Å²) in [4.78, 5) is 4.56. The van der Waals surface area contributed by atoms with Crippen molar-refractivity contribution in [3.8, 4) is 23.8 Å². The monoisotopic (exact) mass is 430 g/mol. The summed E-state index contributed by atoms with van der Waals surface area (Å²) in [6.45, 7) is 3.75. The van der Waals surface area contributed by atoms with Gasteiger partial charge in [0.15, 0.2) is 0 Å². The molecule has 0 unspecified atom stereocenters. The first-order valence-electron chi connectivity index (χ1n) is 11.6. The van der Waals surface area contributed by atoms with Gasteiger partial charge in [0.2, 0.25) is 0 Å². The number of hydrogen-bond donors (Lipinski definition) is 2. The number of benzene rings is 1. The maximum atomic E-state index is 10.5. The van der Waals surface area contributed by atoms with Crippen molar-refractivity contribution < 1.29 is 19.7 Å². The van der Waals surface area contributed by atoms with Gasteiger partial charge in [0.25, 0.3) is 0 Å². The predicted octanol–water partition coefficient (Wildman–Crippen LogP) is 2.66. The van der Waals surface area contributed by atoms with Crippen molar-refractivity contribution >= 4 is 0 Å². The molecule has 2 fully saturated rings. The number of aliphatic hydroxyl groups is 2. The SMILES string of the molecule is C#CCN(Cc1cc(OC)ccc1OC[C@@H](O)CN1CCC(O)CC1)C1CCCCC1. The lowest BCUT2D eigenvalue weighted by molar-refractivity contribution is 0.0334. The van der Waals surface area contributed by atoms with E-state index in [1.54, 1.807) is 7.11 Å². The zero-order valence-electron chi connectivity index (χ0n) is 18.8. The van der Waals surface area contributed by atoms with Gasteiger partial charge in [0.05, 0.1) is 19.8 Å². The molecule has 0 amide bonds. The first-order valence-corrected chi connectivity index (χ1v) is 11.6. The summed E-state index contributed by atoms with van der Waals surface area (Å²) in [6.07, 6.45) is 12.6. The van der Waals surface area contributed by atoms with Crippen LogP contribution in [0.15, 0.2) is 18.2 Å². The van der Waals surface area contributed by atoms with Gasteiger partial charge < -0.3 is 24.6 Å². The van der Waals surface area contributed by atoms with Gasteiger partial charge >= 0.3 is 0 Å². The standard InChI is InChI=1S/C25H38N2O4/c1-3-13-27(21-7-5-4-6-8-21)17-20-16-24(30-2)9-10-25(20)31-19-23(29)18-26-14-11-22(28)12-15-26/h1,9-10,16,21-23,28-29H,4-8,11-15,17-19H2,2H3/t23-/m0/s1. The number of likely N-dealkylation sites (tertiary alicyclic amines) is 1. The minimum Gasteiger partial charge on any atom is -0.497 e. The highest BCUT2D eigenvalue weighted by atomic mass is 16.5. The molecule has 2 N–H and O–H groups in total. The molecule has 172 valence electrons. The number of terminal acetylenes is 1. The van der Waals surface area contributed by atoms with Crippen LogP contribution in [0.4, 0.5) is 0 Å². The molecule has 0 aromatic heterocycles. The third-order valence-electron chi connectivity index (χ3n) is 6.48. The number of aliphatic hydroxyl groups excluding tert-OH is 2. The molecule has 1 atom stereocenters. The Balaban J connectivity index is 1.62. The fraction of sp³-hybridized carbons (Fsp3) is 0.680. The van der Waals surface area contributed by atoms with Crippen molar-refractivity contribution in [3.05, 3.63) is 23.8 Å². The van der Waals surface area contributed by atoms with Crippen LogP contribution >= 0.6 is 0 Å². The molecule has 31 heavy (non-hydrogen) atoms. The fourth-order valence-electron chi connectivity index (χ4n) is 4.68. The lowest BCUT2D eigenvalue weighted by Crippen LogP contribution is -2.42. The molecule has 0 spiro atoms. The Morgan fingerprint density at radius 2 is 1.94 bits per heavy atom. The van der Waals surface area contributed by atoms with Crippen molar-refractivity contribution in [2.75, 3.05) is 39.9 Å². The van der Waals surface area contributed by atoms with Gasteiger partial charge in [-0.25, -0.2) is 0 Å². The summed E-state index contributed by atoms with van der Waals surface area (Å²) in [5.74, 6) is 4.38. The highest BCUT2D eigenvalue weighted by Gasteiger charge is 2.23. The van der Waals surface area contributed by atoms with E-state index >= 15 is 0 Å². The lowest BCUT2D eigenvalue weighted by atomic mass is 9.93. The smallest absolute Gasteiger partial charge is 0.124 e. The second kappa shape index (κ2) is 12.3. The second-order valence-corrected chi connectivity index (χ2v) is 8.87. The highest BCUT2D eigenvalue weighted by Crippen LogP contribution is 2.29. The van der Waals surface area contributed by atoms with E-state index in [1.165, 1.54) is 32.1 Å². The Hall–Kier alpha value is -1.78. The van der Waals surface area contributed by atoms with E-state index in [1.807, 2.05) is 18.2 Å². The van der Waals surface area contributed by atoms with E-state index in [0.717, 1.165) is 43.0 Å². The lowest BCUT2D eigenvalue weighted by Gasteiger charge is -2.33. The van der Waals surface area contributed by atoms with Gasteiger partial charge in [-0.2, -0.15) is 0 Å². The van der Waals surface area contributed by atoms with Gasteiger partial charge in [-0.1, -0.05) is 25.2 Å². The Kier molecular flexibility index (Phi) is 9.48. The van der Waals surface area contributed by atoms with Crippen LogP contribution in [0.5, 0.6) is 11.5 Å². The Morgan fingerprint density at radius 1 is 1.19 bits per heavy atom. The predicted molar refractivity (Wildman–Crippen MR) is 122 cm³/mol. The molecule has 0 bridgehead atoms. The maximum Gasteiger partial charge on any atom is 0.124 e. The normalized spacial score (nSPS) is 19.8. The highest BCUT2D eigenvalue weighted by molar-refractivity contribution is 5.40. The fourth-order valence-corrected chi connectivity index (χ4v) is 4.68.